The van der Waals surface area contributed by atoms with Crippen molar-refractivity contribution in [3.05, 3.63) is 41.5 Å². The Morgan fingerprint density at radius 1 is 1.00 bits per heavy atom. The molecule has 2 aromatic carbocycles. The van der Waals surface area contributed by atoms with Gasteiger partial charge in [-0.05, 0) is 18.2 Å². The van der Waals surface area contributed by atoms with E-state index in [4.69, 9.17) is 14.2 Å². The summed E-state index contributed by atoms with van der Waals surface area (Å²) >= 11 is 0. The second-order valence-electron chi connectivity index (χ2n) is 5.29. The number of hydrogen-bond acceptors (Lipinski definition) is 7. The molecule has 0 fully saturated rings. The number of hydrogen-bond donors (Lipinski definition) is 3. The van der Waals surface area contributed by atoms with Crippen LogP contribution in [0.2, 0.25) is 0 Å². The molecular weight excluding hydrogens is 316 g/mol. The monoisotopic (exact) mass is 332 g/mol. The van der Waals surface area contributed by atoms with Crippen molar-refractivity contribution in [2.75, 3.05) is 14.2 Å². The van der Waals surface area contributed by atoms with Gasteiger partial charge in [0, 0.05) is 17.7 Å². The molecule has 2 atom stereocenters. The van der Waals surface area contributed by atoms with Crippen LogP contribution in [-0.2, 0) is 0 Å². The summed E-state index contributed by atoms with van der Waals surface area (Å²) in [6.45, 7) is 0. The predicted octanol–water partition coefficient (Wildman–Crippen LogP) is 1.79. The highest BCUT2D eigenvalue weighted by Crippen LogP contribution is 2.44. The maximum absolute atomic E-state index is 12.4. The lowest BCUT2D eigenvalue weighted by Gasteiger charge is -2.30. The molecule has 1 heterocycles. The summed E-state index contributed by atoms with van der Waals surface area (Å²) in [5.74, 6) is -0.405. The standard InChI is InChI=1S/C17H16O7/c1-22-8-3-4-11(18)10(5-8)17-16(21)15(20)14-12(19)6-9(23-2)7-13(14)24-17/h3-7,16-19,21H,1-2H3/t16-,17+/m0/s1. The number of aliphatic hydroxyl groups is 1. The minimum Gasteiger partial charge on any atom is -0.508 e. The largest absolute Gasteiger partial charge is 0.508 e. The van der Waals surface area contributed by atoms with E-state index in [-0.39, 0.29) is 28.4 Å². The average molecular weight is 332 g/mol. The molecule has 3 rings (SSSR count). The second-order valence-corrected chi connectivity index (χ2v) is 5.29. The van der Waals surface area contributed by atoms with Crippen LogP contribution in [0.4, 0.5) is 0 Å². The number of ether oxygens (including phenoxy) is 3. The first-order valence-corrected chi connectivity index (χ1v) is 7.13. The van der Waals surface area contributed by atoms with Gasteiger partial charge in [0.25, 0.3) is 0 Å². The van der Waals surface area contributed by atoms with Crippen LogP contribution in [0.1, 0.15) is 22.0 Å². The van der Waals surface area contributed by atoms with Crippen LogP contribution in [-0.4, -0.2) is 41.4 Å². The van der Waals surface area contributed by atoms with Crippen molar-refractivity contribution in [1.82, 2.24) is 0 Å². The Labute approximate surface area is 137 Å². The summed E-state index contributed by atoms with van der Waals surface area (Å²) in [6, 6.07) is 7.09. The number of aliphatic hydroxyl groups excluding tert-OH is 1. The lowest BCUT2D eigenvalue weighted by Crippen LogP contribution is -2.36. The zero-order valence-electron chi connectivity index (χ0n) is 13.0. The van der Waals surface area contributed by atoms with Crippen molar-refractivity contribution in [1.29, 1.82) is 0 Å². The Hall–Kier alpha value is -2.93. The van der Waals surface area contributed by atoms with Crippen molar-refractivity contribution < 1.29 is 34.3 Å². The summed E-state index contributed by atoms with van der Waals surface area (Å²) in [5, 5.41) is 30.4. The summed E-state index contributed by atoms with van der Waals surface area (Å²) in [5.41, 5.74) is 0.0742. The SMILES string of the molecule is COc1cc(O)c2c(c1)O[C@H](c1cc(OC)ccc1O)[C@@H](O)C2=O. The molecule has 1 aliphatic heterocycles. The van der Waals surface area contributed by atoms with E-state index in [0.29, 0.717) is 11.5 Å². The summed E-state index contributed by atoms with van der Waals surface area (Å²) in [6.07, 6.45) is -2.73. The predicted molar refractivity (Wildman–Crippen MR) is 83.0 cm³/mol. The van der Waals surface area contributed by atoms with E-state index in [9.17, 15) is 20.1 Å². The Bertz CT molecular complexity index is 800. The molecule has 1 aliphatic rings. The smallest absolute Gasteiger partial charge is 0.202 e. The van der Waals surface area contributed by atoms with Crippen LogP contribution in [0.25, 0.3) is 0 Å². The summed E-state index contributed by atoms with van der Waals surface area (Å²) in [4.78, 5) is 12.4. The van der Waals surface area contributed by atoms with Gasteiger partial charge in [-0.15, -0.1) is 0 Å². The van der Waals surface area contributed by atoms with E-state index in [2.05, 4.69) is 0 Å². The van der Waals surface area contributed by atoms with Crippen LogP contribution >= 0.6 is 0 Å². The molecule has 7 heteroatoms. The molecule has 0 bridgehead atoms. The molecule has 3 N–H and O–H groups in total. The minimum atomic E-state index is -1.59. The number of Topliss-reactive ketones (excluding diaryl/α,β-unsaturated/α-hetero) is 1. The van der Waals surface area contributed by atoms with Gasteiger partial charge in [-0.3, -0.25) is 4.79 Å². The van der Waals surface area contributed by atoms with Gasteiger partial charge in [0.2, 0.25) is 5.78 Å². The number of carbonyl (C=O) groups is 1. The van der Waals surface area contributed by atoms with E-state index >= 15 is 0 Å². The molecule has 0 saturated heterocycles. The van der Waals surface area contributed by atoms with Gasteiger partial charge in [-0.2, -0.15) is 0 Å². The molecule has 0 aromatic heterocycles. The number of rotatable bonds is 3. The average Bonchev–Trinajstić information content (AvgIpc) is 2.58. The maximum atomic E-state index is 12.4. The fourth-order valence-corrected chi connectivity index (χ4v) is 2.64. The van der Waals surface area contributed by atoms with Crippen molar-refractivity contribution in [3.63, 3.8) is 0 Å². The number of fused-ring (bicyclic) bond motifs is 1. The minimum absolute atomic E-state index is 0.0642. The van der Waals surface area contributed by atoms with E-state index in [1.807, 2.05) is 0 Å². The summed E-state index contributed by atoms with van der Waals surface area (Å²) in [7, 11) is 2.86. The quantitative estimate of drug-likeness (QED) is 0.787. The van der Waals surface area contributed by atoms with Crippen LogP contribution in [0, 0.1) is 0 Å². The molecule has 0 unspecified atom stereocenters. The van der Waals surface area contributed by atoms with Crippen LogP contribution in [0.15, 0.2) is 30.3 Å². The highest BCUT2D eigenvalue weighted by atomic mass is 16.5. The number of ketones is 1. The first-order chi connectivity index (χ1) is 11.5. The van der Waals surface area contributed by atoms with Crippen molar-refractivity contribution in [2.24, 2.45) is 0 Å². The van der Waals surface area contributed by atoms with E-state index < -0.39 is 18.0 Å². The molecular formula is C17H16O7. The number of methoxy groups -OCH3 is 2. The number of benzene rings is 2. The zero-order valence-corrected chi connectivity index (χ0v) is 13.0. The van der Waals surface area contributed by atoms with Gasteiger partial charge < -0.3 is 29.5 Å². The zero-order chi connectivity index (χ0) is 17.4. The van der Waals surface area contributed by atoms with Gasteiger partial charge in [0.15, 0.2) is 12.2 Å². The summed E-state index contributed by atoms with van der Waals surface area (Å²) < 4.78 is 15.8. The second kappa shape index (κ2) is 5.93. The van der Waals surface area contributed by atoms with E-state index in [0.717, 1.165) is 0 Å². The third kappa shape index (κ3) is 2.48. The lowest BCUT2D eigenvalue weighted by atomic mass is 9.92. The Balaban J connectivity index is 2.10. The molecule has 126 valence electrons. The molecule has 0 amide bonds. The van der Waals surface area contributed by atoms with Crippen molar-refractivity contribution in [2.45, 2.75) is 12.2 Å². The van der Waals surface area contributed by atoms with Gasteiger partial charge in [0.1, 0.15) is 34.3 Å². The van der Waals surface area contributed by atoms with Crippen LogP contribution in [0.5, 0.6) is 28.7 Å². The molecule has 7 nitrogen and oxygen atoms in total. The molecule has 0 saturated carbocycles. The molecule has 0 spiro atoms. The normalized spacial score (nSPS) is 19.4. The highest BCUT2D eigenvalue weighted by molar-refractivity contribution is 6.05. The van der Waals surface area contributed by atoms with Crippen molar-refractivity contribution >= 4 is 5.78 Å². The first kappa shape index (κ1) is 15.9. The Kier molecular flexibility index (Phi) is 3.94. The first-order valence-electron chi connectivity index (χ1n) is 7.13. The molecule has 24 heavy (non-hydrogen) atoms. The number of carbonyl (C=O) groups excluding carboxylic acids is 1. The van der Waals surface area contributed by atoms with Gasteiger partial charge in [0.05, 0.1) is 14.2 Å². The van der Waals surface area contributed by atoms with Crippen molar-refractivity contribution in [3.8, 4) is 28.7 Å². The topological polar surface area (TPSA) is 105 Å². The Morgan fingerprint density at radius 3 is 2.38 bits per heavy atom. The van der Waals surface area contributed by atoms with Gasteiger partial charge >= 0.3 is 0 Å². The highest BCUT2D eigenvalue weighted by Gasteiger charge is 2.40. The molecule has 0 aliphatic carbocycles. The van der Waals surface area contributed by atoms with Gasteiger partial charge in [-0.1, -0.05) is 0 Å². The molecule has 0 radical (unpaired) electrons. The third-order valence-corrected chi connectivity index (χ3v) is 3.89. The van der Waals surface area contributed by atoms with Crippen LogP contribution in [0.3, 0.4) is 0 Å². The molecule has 2 aromatic rings. The lowest BCUT2D eigenvalue weighted by molar-refractivity contribution is 0.0202. The number of phenols is 2. The van der Waals surface area contributed by atoms with E-state index in [1.54, 1.807) is 6.07 Å². The number of aromatic hydroxyl groups is 2. The Morgan fingerprint density at radius 2 is 1.71 bits per heavy atom. The van der Waals surface area contributed by atoms with Crippen LogP contribution < -0.4 is 14.2 Å². The van der Waals surface area contributed by atoms with Gasteiger partial charge in [-0.25, -0.2) is 0 Å². The third-order valence-electron chi connectivity index (χ3n) is 3.89. The maximum Gasteiger partial charge on any atom is 0.202 e. The van der Waals surface area contributed by atoms with E-state index in [1.165, 1.54) is 38.5 Å². The fourth-order valence-electron chi connectivity index (χ4n) is 2.64. The fraction of sp³-hybridized carbons (Fsp3) is 0.235. The number of phenolic OH excluding ortho intramolecular Hbond substituents is 2.